The third-order valence-corrected chi connectivity index (χ3v) is 1.77. The van der Waals surface area contributed by atoms with Crippen molar-refractivity contribution in [3.63, 3.8) is 0 Å². The summed E-state index contributed by atoms with van der Waals surface area (Å²) < 4.78 is 4.08. The highest BCUT2D eigenvalue weighted by Gasteiger charge is 2.19. The molecule has 0 aromatic rings. The average Bonchev–Trinajstić information content (AvgIpc) is 2.47. The van der Waals surface area contributed by atoms with E-state index in [9.17, 15) is 9.59 Å². The molecule has 1 rings (SSSR count). The fraction of sp³-hybridized carbons (Fsp3) is 0.778. The van der Waals surface area contributed by atoms with E-state index in [0.717, 1.165) is 5.88 Å². The molecule has 13 heavy (non-hydrogen) atoms. The van der Waals surface area contributed by atoms with Crippen LogP contribution >= 0.6 is 11.6 Å². The molecular weight excluding hydrogens is 192 g/mol. The molecule has 0 atom stereocenters. The van der Waals surface area contributed by atoms with Crippen molar-refractivity contribution in [2.45, 2.75) is 39.0 Å². The van der Waals surface area contributed by atoms with Crippen molar-refractivity contribution in [2.75, 3.05) is 5.88 Å². The standard InChI is InChI=1S/C5H11Cl.C4H4O3/c1-2-3-4-5-6;5-3-1-2-4(6)7-3/h2-5H2,1H3;1-2H2. The number of hydrogen-bond acceptors (Lipinski definition) is 3. The van der Waals surface area contributed by atoms with E-state index in [-0.39, 0.29) is 12.8 Å². The van der Waals surface area contributed by atoms with Gasteiger partial charge in [-0.1, -0.05) is 19.8 Å². The lowest BCUT2D eigenvalue weighted by molar-refractivity contribution is -0.151. The van der Waals surface area contributed by atoms with Gasteiger partial charge in [0.2, 0.25) is 0 Å². The molecule has 4 heteroatoms. The van der Waals surface area contributed by atoms with Crippen LogP contribution in [0.4, 0.5) is 0 Å². The van der Waals surface area contributed by atoms with Gasteiger partial charge in [0.25, 0.3) is 0 Å². The Morgan fingerprint density at radius 1 is 1.23 bits per heavy atom. The molecular formula is C9H15ClO3. The van der Waals surface area contributed by atoms with Crippen LogP contribution in [0.1, 0.15) is 39.0 Å². The van der Waals surface area contributed by atoms with Crippen molar-refractivity contribution >= 4 is 23.5 Å². The van der Waals surface area contributed by atoms with Gasteiger partial charge in [0.15, 0.2) is 0 Å². The van der Waals surface area contributed by atoms with Gasteiger partial charge >= 0.3 is 11.9 Å². The summed E-state index contributed by atoms with van der Waals surface area (Å²) in [4.78, 5) is 20.0. The molecule has 1 heterocycles. The van der Waals surface area contributed by atoms with E-state index >= 15 is 0 Å². The molecule has 0 saturated carbocycles. The maximum atomic E-state index is 10.0. The molecule has 0 bridgehead atoms. The number of carbonyl (C=O) groups excluding carboxylic acids is 2. The Hall–Kier alpha value is -0.570. The van der Waals surface area contributed by atoms with Crippen molar-refractivity contribution in [2.24, 2.45) is 0 Å². The summed E-state index contributed by atoms with van der Waals surface area (Å²) in [5.41, 5.74) is 0. The van der Waals surface area contributed by atoms with E-state index in [1.54, 1.807) is 0 Å². The van der Waals surface area contributed by atoms with Crippen LogP contribution in [-0.2, 0) is 14.3 Å². The molecule has 0 spiro atoms. The molecule has 1 aliphatic rings. The number of esters is 2. The molecule has 0 N–H and O–H groups in total. The van der Waals surface area contributed by atoms with Crippen LogP contribution in [0.3, 0.4) is 0 Å². The number of carbonyl (C=O) groups is 2. The maximum Gasteiger partial charge on any atom is 0.314 e. The first-order chi connectivity index (χ1) is 6.20. The first-order valence-corrected chi connectivity index (χ1v) is 5.03. The van der Waals surface area contributed by atoms with E-state index in [0.29, 0.717) is 0 Å². The minimum absolute atomic E-state index is 0.263. The summed E-state index contributed by atoms with van der Waals surface area (Å²) in [5.74, 6) is 0.0309. The minimum Gasteiger partial charge on any atom is -0.393 e. The Kier molecular flexibility index (Phi) is 7.69. The highest BCUT2D eigenvalue weighted by molar-refractivity contribution is 6.17. The van der Waals surface area contributed by atoms with Crippen molar-refractivity contribution in [1.82, 2.24) is 0 Å². The van der Waals surface area contributed by atoms with E-state index in [1.165, 1.54) is 19.3 Å². The highest BCUT2D eigenvalue weighted by Crippen LogP contribution is 2.03. The predicted molar refractivity (Wildman–Crippen MR) is 50.6 cm³/mol. The van der Waals surface area contributed by atoms with Gasteiger partial charge in [-0.2, -0.15) is 0 Å². The lowest BCUT2D eigenvalue weighted by atomic mass is 10.3. The maximum absolute atomic E-state index is 10.0. The number of alkyl halides is 1. The van der Waals surface area contributed by atoms with Crippen LogP contribution in [0.15, 0.2) is 0 Å². The zero-order valence-electron chi connectivity index (χ0n) is 7.85. The third-order valence-electron chi connectivity index (χ3n) is 1.50. The van der Waals surface area contributed by atoms with Gasteiger partial charge in [-0.15, -0.1) is 11.6 Å². The molecule has 1 fully saturated rings. The fourth-order valence-corrected chi connectivity index (χ4v) is 0.967. The lowest BCUT2D eigenvalue weighted by Gasteiger charge is -1.84. The Balaban J connectivity index is 0.000000226. The molecule has 0 aromatic heterocycles. The van der Waals surface area contributed by atoms with Crippen LogP contribution in [0.5, 0.6) is 0 Å². The van der Waals surface area contributed by atoms with Crippen molar-refractivity contribution in [3.05, 3.63) is 0 Å². The monoisotopic (exact) mass is 206 g/mol. The van der Waals surface area contributed by atoms with E-state index in [1.807, 2.05) is 0 Å². The van der Waals surface area contributed by atoms with Crippen LogP contribution in [0, 0.1) is 0 Å². The third kappa shape index (κ3) is 7.78. The first-order valence-electron chi connectivity index (χ1n) is 4.50. The minimum atomic E-state index is -0.398. The van der Waals surface area contributed by atoms with Gasteiger partial charge in [0.1, 0.15) is 0 Å². The zero-order chi connectivity index (χ0) is 10.1. The lowest BCUT2D eigenvalue weighted by Crippen LogP contribution is -1.94. The number of cyclic esters (lactones) is 2. The van der Waals surface area contributed by atoms with E-state index in [4.69, 9.17) is 11.6 Å². The number of halogens is 1. The van der Waals surface area contributed by atoms with Crippen LogP contribution in [0.2, 0.25) is 0 Å². The summed E-state index contributed by atoms with van der Waals surface area (Å²) in [5, 5.41) is 0. The highest BCUT2D eigenvalue weighted by atomic mass is 35.5. The number of unbranched alkanes of at least 4 members (excludes halogenated alkanes) is 2. The quantitative estimate of drug-likeness (QED) is 0.308. The summed E-state index contributed by atoms with van der Waals surface area (Å²) in [6.07, 6.45) is 4.26. The number of hydrogen-bond donors (Lipinski definition) is 0. The topological polar surface area (TPSA) is 43.4 Å². The van der Waals surface area contributed by atoms with E-state index < -0.39 is 11.9 Å². The normalized spacial score (nSPS) is 14.9. The van der Waals surface area contributed by atoms with Gasteiger partial charge in [-0.3, -0.25) is 9.59 Å². The first kappa shape index (κ1) is 12.4. The van der Waals surface area contributed by atoms with Gasteiger partial charge < -0.3 is 4.74 Å². The summed E-state index contributed by atoms with van der Waals surface area (Å²) >= 11 is 5.38. The molecule has 0 unspecified atom stereocenters. The summed E-state index contributed by atoms with van der Waals surface area (Å²) in [6.45, 7) is 2.17. The molecule has 1 saturated heterocycles. The molecule has 0 radical (unpaired) electrons. The SMILES string of the molecule is CCCCCCl.O=C1CCC(=O)O1. The van der Waals surface area contributed by atoms with Crippen molar-refractivity contribution in [3.8, 4) is 0 Å². The van der Waals surface area contributed by atoms with Crippen molar-refractivity contribution in [1.29, 1.82) is 0 Å². The smallest absolute Gasteiger partial charge is 0.314 e. The molecule has 0 amide bonds. The number of rotatable bonds is 3. The summed E-state index contributed by atoms with van der Waals surface area (Å²) in [7, 11) is 0. The van der Waals surface area contributed by atoms with Gasteiger partial charge in [-0.05, 0) is 6.42 Å². The Morgan fingerprint density at radius 2 is 1.77 bits per heavy atom. The second kappa shape index (κ2) is 8.05. The second-order valence-electron chi connectivity index (χ2n) is 2.74. The molecule has 3 nitrogen and oxygen atoms in total. The largest absolute Gasteiger partial charge is 0.393 e. The fourth-order valence-electron chi connectivity index (χ4n) is 0.778. The Labute approximate surface area is 83.4 Å². The van der Waals surface area contributed by atoms with Gasteiger partial charge in [0, 0.05) is 5.88 Å². The zero-order valence-corrected chi connectivity index (χ0v) is 8.60. The van der Waals surface area contributed by atoms with Crippen molar-refractivity contribution < 1.29 is 14.3 Å². The molecule has 76 valence electrons. The average molecular weight is 207 g/mol. The van der Waals surface area contributed by atoms with Gasteiger partial charge in [0.05, 0.1) is 12.8 Å². The van der Waals surface area contributed by atoms with Crippen LogP contribution < -0.4 is 0 Å². The van der Waals surface area contributed by atoms with Gasteiger partial charge in [-0.25, -0.2) is 0 Å². The Morgan fingerprint density at radius 3 is 1.92 bits per heavy atom. The second-order valence-corrected chi connectivity index (χ2v) is 3.12. The van der Waals surface area contributed by atoms with E-state index in [2.05, 4.69) is 11.7 Å². The Bertz CT molecular complexity index is 150. The number of ether oxygens (including phenoxy) is 1. The molecule has 0 aliphatic carbocycles. The molecule has 0 aromatic carbocycles. The molecule has 1 aliphatic heterocycles. The van der Waals surface area contributed by atoms with Crippen LogP contribution in [-0.4, -0.2) is 17.8 Å². The summed E-state index contributed by atoms with van der Waals surface area (Å²) in [6, 6.07) is 0. The van der Waals surface area contributed by atoms with Crippen LogP contribution in [0.25, 0.3) is 0 Å². The predicted octanol–water partition coefficient (Wildman–Crippen LogP) is 2.27.